The van der Waals surface area contributed by atoms with E-state index in [4.69, 9.17) is 4.52 Å². The second-order valence-electron chi connectivity index (χ2n) is 5.73. The highest BCUT2D eigenvalue weighted by Crippen LogP contribution is 2.21. The number of aromatic nitrogens is 5. The van der Waals surface area contributed by atoms with Crippen LogP contribution in [0.1, 0.15) is 25.5 Å². The van der Waals surface area contributed by atoms with Crippen molar-refractivity contribution < 1.29 is 4.52 Å². The van der Waals surface area contributed by atoms with Gasteiger partial charge in [0.25, 0.3) is 5.89 Å². The zero-order valence-corrected chi connectivity index (χ0v) is 13.8. The molecule has 0 saturated heterocycles. The number of imidazole rings is 1. The van der Waals surface area contributed by atoms with Crippen LogP contribution in [-0.4, -0.2) is 30.7 Å². The highest BCUT2D eigenvalue weighted by molar-refractivity contribution is 5.54. The van der Waals surface area contributed by atoms with Crippen molar-refractivity contribution in [2.24, 2.45) is 7.05 Å². The molecule has 120 valence electrons. The Hall–Kier alpha value is -2.70. The van der Waals surface area contributed by atoms with E-state index in [1.165, 1.54) is 0 Å². The van der Waals surface area contributed by atoms with E-state index in [0.29, 0.717) is 24.3 Å². The molecule has 7 nitrogen and oxygen atoms in total. The van der Waals surface area contributed by atoms with Gasteiger partial charge in [0.05, 0.1) is 12.1 Å². The molecule has 0 radical (unpaired) electrons. The predicted molar refractivity (Wildman–Crippen MR) is 86.8 cm³/mol. The van der Waals surface area contributed by atoms with E-state index in [1.54, 1.807) is 13.1 Å². The van der Waals surface area contributed by atoms with Gasteiger partial charge in [-0.2, -0.15) is 4.98 Å². The number of aryl methyl sites for hydroxylation is 2. The Kier molecular flexibility index (Phi) is 4.10. The fraction of sp³-hybridized carbons (Fsp3) is 0.375. The summed E-state index contributed by atoms with van der Waals surface area (Å²) in [5.74, 6) is 2.99. The van der Waals surface area contributed by atoms with Gasteiger partial charge in [0.1, 0.15) is 11.6 Å². The molecule has 0 aliphatic rings. The van der Waals surface area contributed by atoms with Crippen molar-refractivity contribution in [3.63, 3.8) is 0 Å². The number of rotatable bonds is 5. The van der Waals surface area contributed by atoms with Gasteiger partial charge in [0.15, 0.2) is 5.82 Å². The molecule has 0 aliphatic heterocycles. The summed E-state index contributed by atoms with van der Waals surface area (Å²) in [6, 6.07) is 4.22. The van der Waals surface area contributed by atoms with E-state index in [0.717, 1.165) is 17.2 Å². The van der Waals surface area contributed by atoms with Crippen molar-refractivity contribution in [1.29, 1.82) is 0 Å². The molecule has 3 rings (SSSR count). The third-order valence-corrected chi connectivity index (χ3v) is 3.67. The molecule has 0 atom stereocenters. The molecule has 0 N–H and O–H groups in total. The van der Waals surface area contributed by atoms with Gasteiger partial charge < -0.3 is 14.0 Å². The first kappa shape index (κ1) is 15.2. The molecule has 0 aromatic carbocycles. The van der Waals surface area contributed by atoms with Crippen LogP contribution in [0.5, 0.6) is 0 Å². The lowest BCUT2D eigenvalue weighted by atomic mass is 10.2. The van der Waals surface area contributed by atoms with Gasteiger partial charge in [-0.15, -0.1) is 0 Å². The highest BCUT2D eigenvalue weighted by Gasteiger charge is 2.15. The van der Waals surface area contributed by atoms with Crippen molar-refractivity contribution in [3.05, 3.63) is 42.4 Å². The van der Waals surface area contributed by atoms with Crippen LogP contribution in [0.25, 0.3) is 11.5 Å². The fourth-order valence-corrected chi connectivity index (χ4v) is 2.33. The van der Waals surface area contributed by atoms with E-state index in [9.17, 15) is 0 Å². The van der Waals surface area contributed by atoms with Crippen LogP contribution in [0.3, 0.4) is 0 Å². The third kappa shape index (κ3) is 3.23. The van der Waals surface area contributed by atoms with Crippen molar-refractivity contribution in [1.82, 2.24) is 24.7 Å². The average Bonchev–Trinajstić information content (AvgIpc) is 3.13. The molecule has 0 unspecified atom stereocenters. The van der Waals surface area contributed by atoms with Crippen molar-refractivity contribution in [2.45, 2.75) is 33.4 Å². The van der Waals surface area contributed by atoms with Gasteiger partial charge in [-0.1, -0.05) is 5.16 Å². The van der Waals surface area contributed by atoms with Crippen molar-refractivity contribution in [2.75, 3.05) is 4.90 Å². The summed E-state index contributed by atoms with van der Waals surface area (Å²) in [6.45, 7) is 6.77. The van der Waals surface area contributed by atoms with Crippen LogP contribution in [0.2, 0.25) is 0 Å². The number of anilines is 1. The smallest absolute Gasteiger partial charge is 0.259 e. The van der Waals surface area contributed by atoms with E-state index in [1.807, 2.05) is 36.1 Å². The monoisotopic (exact) mass is 312 g/mol. The summed E-state index contributed by atoms with van der Waals surface area (Å²) in [7, 11) is 2.00. The van der Waals surface area contributed by atoms with Gasteiger partial charge in [0, 0.05) is 31.7 Å². The predicted octanol–water partition coefficient (Wildman–Crippen LogP) is 2.59. The number of hydrogen-bond donors (Lipinski definition) is 0. The molecule has 3 aromatic rings. The normalized spacial score (nSPS) is 11.2. The lowest BCUT2D eigenvalue weighted by molar-refractivity contribution is 0.425. The number of nitrogens with zero attached hydrogens (tertiary/aromatic N) is 6. The Morgan fingerprint density at radius 3 is 2.61 bits per heavy atom. The Bertz CT molecular complexity index is 774. The zero-order chi connectivity index (χ0) is 16.4. The standard InChI is InChI=1S/C16H20N6O/c1-11(2)22(10-15-17-7-8-21(15)4)14-6-5-13(9-18-14)16-19-12(3)20-23-16/h5-9,11H,10H2,1-4H3. The summed E-state index contributed by atoms with van der Waals surface area (Å²) >= 11 is 0. The van der Waals surface area contributed by atoms with Crippen molar-refractivity contribution in [3.8, 4) is 11.5 Å². The lowest BCUT2D eigenvalue weighted by Crippen LogP contribution is -2.32. The largest absolute Gasteiger partial charge is 0.347 e. The minimum Gasteiger partial charge on any atom is -0.347 e. The number of hydrogen-bond acceptors (Lipinski definition) is 6. The summed E-state index contributed by atoms with van der Waals surface area (Å²) in [5, 5.41) is 3.80. The molecule has 3 heterocycles. The van der Waals surface area contributed by atoms with Gasteiger partial charge in [-0.3, -0.25) is 0 Å². The van der Waals surface area contributed by atoms with Gasteiger partial charge in [-0.05, 0) is 32.9 Å². The van der Waals surface area contributed by atoms with Crippen LogP contribution >= 0.6 is 0 Å². The zero-order valence-electron chi connectivity index (χ0n) is 13.8. The first-order valence-electron chi connectivity index (χ1n) is 7.54. The topological polar surface area (TPSA) is 72.9 Å². The van der Waals surface area contributed by atoms with Crippen molar-refractivity contribution >= 4 is 5.82 Å². The Balaban J connectivity index is 1.84. The molecule has 0 aliphatic carbocycles. The first-order valence-corrected chi connectivity index (χ1v) is 7.54. The second-order valence-corrected chi connectivity index (χ2v) is 5.73. The lowest BCUT2D eigenvalue weighted by Gasteiger charge is -2.27. The van der Waals surface area contributed by atoms with E-state index >= 15 is 0 Å². The fourth-order valence-electron chi connectivity index (χ4n) is 2.33. The van der Waals surface area contributed by atoms with E-state index in [2.05, 4.69) is 38.9 Å². The van der Waals surface area contributed by atoms with Gasteiger partial charge >= 0.3 is 0 Å². The molecular weight excluding hydrogens is 292 g/mol. The Labute approximate surface area is 135 Å². The molecule has 7 heteroatoms. The minimum absolute atomic E-state index is 0.302. The molecule has 0 saturated carbocycles. The Morgan fingerprint density at radius 1 is 1.26 bits per heavy atom. The molecule has 0 bridgehead atoms. The van der Waals surface area contributed by atoms with Gasteiger partial charge in [-0.25, -0.2) is 9.97 Å². The third-order valence-electron chi connectivity index (χ3n) is 3.67. The molecule has 0 spiro atoms. The second kappa shape index (κ2) is 6.20. The first-order chi connectivity index (χ1) is 11.0. The van der Waals surface area contributed by atoms with Crippen LogP contribution in [0.4, 0.5) is 5.82 Å². The summed E-state index contributed by atoms with van der Waals surface area (Å²) in [5.41, 5.74) is 0.815. The van der Waals surface area contributed by atoms with Crippen LogP contribution < -0.4 is 4.90 Å². The maximum Gasteiger partial charge on any atom is 0.259 e. The molecule has 0 fully saturated rings. The van der Waals surface area contributed by atoms with Gasteiger partial charge in [0.2, 0.25) is 0 Å². The number of pyridine rings is 1. The molecule has 23 heavy (non-hydrogen) atoms. The SMILES string of the molecule is Cc1noc(-c2ccc(N(Cc3nccn3C)C(C)C)nc2)n1. The summed E-state index contributed by atoms with van der Waals surface area (Å²) in [4.78, 5) is 15.4. The highest BCUT2D eigenvalue weighted by atomic mass is 16.5. The Morgan fingerprint density at radius 2 is 2.09 bits per heavy atom. The molecular formula is C16H20N6O. The molecule has 0 amide bonds. The minimum atomic E-state index is 0.302. The van der Waals surface area contributed by atoms with Crippen LogP contribution in [0.15, 0.2) is 35.2 Å². The van der Waals surface area contributed by atoms with E-state index in [-0.39, 0.29) is 0 Å². The average molecular weight is 312 g/mol. The summed E-state index contributed by atoms with van der Waals surface area (Å²) < 4.78 is 7.19. The molecule has 3 aromatic heterocycles. The maximum absolute atomic E-state index is 5.17. The van der Waals surface area contributed by atoms with E-state index < -0.39 is 0 Å². The maximum atomic E-state index is 5.17. The van der Waals surface area contributed by atoms with Crippen LogP contribution in [0, 0.1) is 6.92 Å². The summed E-state index contributed by atoms with van der Waals surface area (Å²) in [6.07, 6.45) is 5.51. The quantitative estimate of drug-likeness (QED) is 0.721. The van der Waals surface area contributed by atoms with Crippen LogP contribution in [-0.2, 0) is 13.6 Å².